The molecule has 0 bridgehead atoms. The Labute approximate surface area is 126 Å². The lowest BCUT2D eigenvalue weighted by Gasteiger charge is -2.42. The summed E-state index contributed by atoms with van der Waals surface area (Å²) in [4.78, 5) is 2.30. The fourth-order valence-corrected chi connectivity index (χ4v) is 2.88. The molecule has 4 nitrogen and oxygen atoms in total. The van der Waals surface area contributed by atoms with Crippen LogP contribution in [0.2, 0.25) is 0 Å². The van der Waals surface area contributed by atoms with Gasteiger partial charge in [0.15, 0.2) is 0 Å². The highest BCUT2D eigenvalue weighted by molar-refractivity contribution is 5.62. The van der Waals surface area contributed by atoms with Crippen LogP contribution in [0.4, 0.5) is 4.39 Å². The molecule has 1 fully saturated rings. The number of allylic oxidation sites excluding steroid dienone is 2. The maximum Gasteiger partial charge on any atom is 0.102 e. The molecule has 0 saturated carbocycles. The normalized spacial score (nSPS) is 22.3. The SMILES string of the molecule is CC(F)=C(C)c1ccnn1C1CCCN(C(C)(C)CO)C1. The predicted octanol–water partition coefficient (Wildman–Crippen LogP) is 3.01. The van der Waals surface area contributed by atoms with Gasteiger partial charge in [0.05, 0.1) is 18.3 Å². The van der Waals surface area contributed by atoms with Crippen LogP contribution in [0, 0.1) is 0 Å². The Hall–Kier alpha value is -1.20. The van der Waals surface area contributed by atoms with E-state index in [0.717, 1.165) is 31.6 Å². The number of hydrogen-bond donors (Lipinski definition) is 1. The molecule has 1 saturated heterocycles. The van der Waals surface area contributed by atoms with Crippen LogP contribution in [0.25, 0.3) is 5.57 Å². The van der Waals surface area contributed by atoms with Crippen molar-refractivity contribution in [1.29, 1.82) is 0 Å². The van der Waals surface area contributed by atoms with Gasteiger partial charge in [0.1, 0.15) is 5.83 Å². The quantitative estimate of drug-likeness (QED) is 0.928. The second-order valence-electron chi connectivity index (χ2n) is 6.53. The van der Waals surface area contributed by atoms with E-state index in [1.807, 2.05) is 10.7 Å². The van der Waals surface area contributed by atoms with Crippen molar-refractivity contribution in [1.82, 2.24) is 14.7 Å². The van der Waals surface area contributed by atoms with Gasteiger partial charge in [0.25, 0.3) is 0 Å². The molecule has 0 spiro atoms. The molecule has 2 heterocycles. The van der Waals surface area contributed by atoms with E-state index in [-0.39, 0.29) is 24.0 Å². The van der Waals surface area contributed by atoms with Crippen LogP contribution >= 0.6 is 0 Å². The summed E-state index contributed by atoms with van der Waals surface area (Å²) in [7, 11) is 0. The molecule has 1 aliphatic heterocycles. The maximum absolute atomic E-state index is 13.5. The molecule has 5 heteroatoms. The first-order valence-corrected chi connectivity index (χ1v) is 7.59. The number of likely N-dealkylation sites (tertiary alicyclic amines) is 1. The van der Waals surface area contributed by atoms with Gasteiger partial charge in [0.2, 0.25) is 0 Å². The molecule has 0 aromatic carbocycles. The van der Waals surface area contributed by atoms with Crippen LogP contribution < -0.4 is 0 Å². The monoisotopic (exact) mass is 295 g/mol. The lowest BCUT2D eigenvalue weighted by atomic mass is 9.97. The van der Waals surface area contributed by atoms with Gasteiger partial charge < -0.3 is 5.11 Å². The standard InChI is InChI=1S/C16H26FN3O/c1-12(13(2)17)15-7-8-18-20(15)14-6-5-9-19(10-14)16(3,4)11-21/h7-8,14,21H,5-6,9-11H2,1-4H3. The molecule has 1 aromatic heterocycles. The van der Waals surface area contributed by atoms with Gasteiger partial charge in [-0.3, -0.25) is 9.58 Å². The lowest BCUT2D eigenvalue weighted by Crippen LogP contribution is -2.51. The molecule has 0 aliphatic carbocycles. The summed E-state index contributed by atoms with van der Waals surface area (Å²) in [6.07, 6.45) is 3.83. The highest BCUT2D eigenvalue weighted by atomic mass is 19.1. The number of hydrogen-bond acceptors (Lipinski definition) is 3. The summed E-state index contributed by atoms with van der Waals surface area (Å²) >= 11 is 0. The Morgan fingerprint density at radius 3 is 2.81 bits per heavy atom. The van der Waals surface area contributed by atoms with Crippen molar-refractivity contribution in [3.8, 4) is 0 Å². The molecule has 2 rings (SSSR count). The number of aliphatic hydroxyl groups is 1. The molecule has 1 N–H and O–H groups in total. The largest absolute Gasteiger partial charge is 0.394 e. The van der Waals surface area contributed by atoms with Crippen molar-refractivity contribution in [2.75, 3.05) is 19.7 Å². The van der Waals surface area contributed by atoms with E-state index >= 15 is 0 Å². The molecule has 1 atom stereocenters. The third-order valence-electron chi connectivity index (χ3n) is 4.56. The summed E-state index contributed by atoms with van der Waals surface area (Å²) in [5, 5.41) is 14.0. The number of halogens is 1. The van der Waals surface area contributed by atoms with E-state index in [9.17, 15) is 9.50 Å². The minimum absolute atomic E-state index is 0.133. The first-order valence-electron chi connectivity index (χ1n) is 7.59. The first-order chi connectivity index (χ1) is 9.86. The highest BCUT2D eigenvalue weighted by Crippen LogP contribution is 2.29. The van der Waals surface area contributed by atoms with Crippen LogP contribution in [0.15, 0.2) is 18.1 Å². The molecular weight excluding hydrogens is 269 g/mol. The van der Waals surface area contributed by atoms with Crippen molar-refractivity contribution in [2.24, 2.45) is 0 Å². The summed E-state index contributed by atoms with van der Waals surface area (Å²) in [5.41, 5.74) is 1.27. The highest BCUT2D eigenvalue weighted by Gasteiger charge is 2.32. The molecule has 21 heavy (non-hydrogen) atoms. The number of aromatic nitrogens is 2. The zero-order valence-corrected chi connectivity index (χ0v) is 13.4. The van der Waals surface area contributed by atoms with E-state index in [1.54, 1.807) is 13.1 Å². The molecule has 118 valence electrons. The maximum atomic E-state index is 13.5. The lowest BCUT2D eigenvalue weighted by molar-refractivity contribution is 0.0242. The van der Waals surface area contributed by atoms with Crippen LogP contribution in [0.5, 0.6) is 0 Å². The minimum atomic E-state index is -0.229. The summed E-state index contributed by atoms with van der Waals surface area (Å²) in [5.74, 6) is -0.167. The average Bonchev–Trinajstić information content (AvgIpc) is 2.95. The van der Waals surface area contributed by atoms with Gasteiger partial charge in [-0.15, -0.1) is 0 Å². The molecule has 0 amide bonds. The Morgan fingerprint density at radius 2 is 2.19 bits per heavy atom. The fourth-order valence-electron chi connectivity index (χ4n) is 2.88. The Bertz CT molecular complexity index is 517. The van der Waals surface area contributed by atoms with Crippen molar-refractivity contribution in [2.45, 2.75) is 52.1 Å². The second kappa shape index (κ2) is 6.28. The molecule has 0 radical (unpaired) electrons. The Balaban J connectivity index is 2.24. The Kier molecular flexibility index (Phi) is 4.84. The molecule has 1 unspecified atom stereocenters. The smallest absolute Gasteiger partial charge is 0.102 e. The van der Waals surface area contributed by atoms with Crippen molar-refractivity contribution < 1.29 is 9.50 Å². The number of piperidine rings is 1. The second-order valence-corrected chi connectivity index (χ2v) is 6.53. The summed E-state index contributed by atoms with van der Waals surface area (Å²) in [6.45, 7) is 9.33. The van der Waals surface area contributed by atoms with E-state index in [0.29, 0.717) is 5.57 Å². The van der Waals surface area contributed by atoms with Gasteiger partial charge in [0, 0.05) is 23.9 Å². The van der Waals surface area contributed by atoms with Crippen LogP contribution in [-0.4, -0.2) is 45.0 Å². The van der Waals surface area contributed by atoms with Gasteiger partial charge in [-0.25, -0.2) is 4.39 Å². The fraction of sp³-hybridized carbons (Fsp3) is 0.688. The van der Waals surface area contributed by atoms with Gasteiger partial charge in [-0.1, -0.05) is 0 Å². The Morgan fingerprint density at radius 1 is 1.48 bits per heavy atom. The van der Waals surface area contributed by atoms with E-state index < -0.39 is 0 Å². The van der Waals surface area contributed by atoms with E-state index in [2.05, 4.69) is 23.8 Å². The number of rotatable bonds is 4. The number of aliphatic hydroxyl groups excluding tert-OH is 1. The first kappa shape index (κ1) is 16.2. The molecule has 1 aromatic rings. The van der Waals surface area contributed by atoms with Crippen LogP contribution in [-0.2, 0) is 0 Å². The van der Waals surface area contributed by atoms with Crippen LogP contribution in [0.3, 0.4) is 0 Å². The minimum Gasteiger partial charge on any atom is -0.394 e. The topological polar surface area (TPSA) is 41.3 Å². The van der Waals surface area contributed by atoms with Gasteiger partial charge >= 0.3 is 0 Å². The number of nitrogens with zero attached hydrogens (tertiary/aromatic N) is 3. The summed E-state index contributed by atoms with van der Waals surface area (Å²) < 4.78 is 15.5. The average molecular weight is 295 g/mol. The third kappa shape index (κ3) is 3.35. The van der Waals surface area contributed by atoms with Crippen LogP contribution in [0.1, 0.15) is 52.3 Å². The molecule has 1 aliphatic rings. The zero-order valence-electron chi connectivity index (χ0n) is 13.4. The summed E-state index contributed by atoms with van der Waals surface area (Å²) in [6, 6.07) is 2.10. The van der Waals surface area contributed by atoms with Crippen molar-refractivity contribution in [3.63, 3.8) is 0 Å². The van der Waals surface area contributed by atoms with Gasteiger partial charge in [-0.05, 0) is 53.1 Å². The van der Waals surface area contributed by atoms with Crippen molar-refractivity contribution in [3.05, 3.63) is 23.8 Å². The van der Waals surface area contributed by atoms with Gasteiger partial charge in [-0.2, -0.15) is 5.10 Å². The van der Waals surface area contributed by atoms with Crippen molar-refractivity contribution >= 4 is 5.57 Å². The zero-order chi connectivity index (χ0) is 15.6. The van der Waals surface area contributed by atoms with E-state index in [1.165, 1.54) is 6.92 Å². The molecular formula is C16H26FN3O. The van der Waals surface area contributed by atoms with E-state index in [4.69, 9.17) is 0 Å². The predicted molar refractivity (Wildman–Crippen MR) is 82.6 cm³/mol. The third-order valence-corrected chi connectivity index (χ3v) is 4.56.